The molecule has 5 aromatic carbocycles. The smallest absolute Gasteiger partial charge is 0.147 e. The van der Waals surface area contributed by atoms with E-state index in [9.17, 15) is 9.90 Å². The third kappa shape index (κ3) is 5.50. The van der Waals surface area contributed by atoms with Gasteiger partial charge in [0.1, 0.15) is 0 Å². The van der Waals surface area contributed by atoms with Crippen molar-refractivity contribution in [2.24, 2.45) is 5.92 Å². The van der Waals surface area contributed by atoms with E-state index in [1.165, 1.54) is 38.2 Å². The van der Waals surface area contributed by atoms with Gasteiger partial charge in [0.2, 0.25) is 0 Å². The predicted octanol–water partition coefficient (Wildman–Crippen LogP) is 7.69. The summed E-state index contributed by atoms with van der Waals surface area (Å²) in [4.78, 5) is 13.4. The van der Waals surface area contributed by atoms with Crippen LogP contribution in [0.1, 0.15) is 28.7 Å². The number of carboxylic acid groups (broad SMARTS) is 1. The Morgan fingerprint density at radius 1 is 0.659 bits per heavy atom. The molecule has 0 saturated carbocycles. The Kier molecular flexibility index (Phi) is 9.42. The average Bonchev–Trinajstić information content (AvgIpc) is 3.48. The van der Waals surface area contributed by atoms with Crippen molar-refractivity contribution in [2.75, 3.05) is 6.54 Å². The third-order valence-electron chi connectivity index (χ3n) is 9.41. The van der Waals surface area contributed by atoms with Crippen molar-refractivity contribution >= 4 is 41.0 Å². The van der Waals surface area contributed by atoms with Crippen LogP contribution < -0.4 is 15.9 Å². The van der Waals surface area contributed by atoms with Crippen molar-refractivity contribution in [3.8, 4) is 0 Å². The van der Waals surface area contributed by atoms with E-state index in [1.54, 1.807) is 0 Å². The van der Waals surface area contributed by atoms with E-state index in [4.69, 9.17) is 0 Å². The minimum absolute atomic E-state index is 0. The Balaban J connectivity index is 0.00000384. The molecule has 1 aliphatic heterocycles. The van der Waals surface area contributed by atoms with Gasteiger partial charge in [-0.15, -0.1) is 12.4 Å². The van der Waals surface area contributed by atoms with Crippen LogP contribution in [0.15, 0.2) is 140 Å². The number of benzene rings is 5. The van der Waals surface area contributed by atoms with Gasteiger partial charge in [0.25, 0.3) is 0 Å². The Morgan fingerprint density at radius 2 is 1.07 bits per heavy atom. The largest absolute Gasteiger partial charge is 0.147 e. The van der Waals surface area contributed by atoms with Crippen LogP contribution in [-0.2, 0) is 17.4 Å². The molecular weight excluding hydrogens is 581 g/mol. The molecule has 1 heterocycles. The Hall–Kier alpha value is -3.75. The van der Waals surface area contributed by atoms with Crippen LogP contribution in [0.3, 0.4) is 0 Å². The number of nitrogens with zero attached hydrogens (tertiary/aromatic N) is 1. The van der Waals surface area contributed by atoms with Gasteiger partial charge in [-0.2, -0.15) is 0 Å². The summed E-state index contributed by atoms with van der Waals surface area (Å²) in [6, 6.07) is 49.3. The maximum atomic E-state index is 13.4. The average molecular weight is 622 g/mol. The van der Waals surface area contributed by atoms with E-state index < -0.39 is 18.8 Å². The van der Waals surface area contributed by atoms with Gasteiger partial charge in [-0.05, 0) is 0 Å². The first-order chi connectivity index (χ1) is 20.9. The molecule has 5 heteroatoms. The summed E-state index contributed by atoms with van der Waals surface area (Å²) in [5.74, 6) is -0.536. The van der Waals surface area contributed by atoms with Crippen molar-refractivity contribution in [3.63, 3.8) is 0 Å². The first-order valence-electron chi connectivity index (χ1n) is 15.2. The fraction of sp³-hybridized carbons (Fsp3) is 0.205. The number of rotatable bonds is 9. The minimum atomic E-state index is -3.68. The number of carbonyl (C=O) groups is 1. The Bertz CT molecular complexity index is 1580. The summed E-state index contributed by atoms with van der Waals surface area (Å²) in [6.07, 6.45) is 2.18. The summed E-state index contributed by atoms with van der Waals surface area (Å²) < 4.78 is 2.48. The summed E-state index contributed by atoms with van der Waals surface area (Å²) in [5, 5.41) is 14.6. The maximum Gasteiger partial charge on any atom is -0.147 e. The molecule has 0 aromatic heterocycles. The summed E-state index contributed by atoms with van der Waals surface area (Å²) in [6.45, 7) is 1.24. The van der Waals surface area contributed by atoms with Gasteiger partial charge in [0.05, 0.1) is 0 Å². The van der Waals surface area contributed by atoms with Crippen molar-refractivity contribution in [1.29, 1.82) is 0 Å². The monoisotopic (exact) mass is 621 g/mol. The standard InChI is InChI=1S/C39H40NO2P.ClH/c1-30-18-22-32(23-19-30)26-34-27-38(39(41)42)40(28-34)43(35-12-6-3-7-13-35,36-14-8-4-9-15-36,37-16-10-5-11-17-37)29-33-24-20-31(2)21-25-33;/h3-25,34,38H,26-29H2,1-2H3,(H,41,42);1H/t34?,38-;/m0./s1. The fourth-order valence-corrected chi connectivity index (χ4v) is 14.7. The normalized spacial score (nSPS) is 17.7. The second kappa shape index (κ2) is 13.1. The molecular formula is C39H41ClNO2P. The topological polar surface area (TPSA) is 40.5 Å². The van der Waals surface area contributed by atoms with Gasteiger partial charge in [-0.25, -0.2) is 0 Å². The first kappa shape index (κ1) is 31.7. The summed E-state index contributed by atoms with van der Waals surface area (Å²) >= 11 is 0. The summed E-state index contributed by atoms with van der Waals surface area (Å²) in [5.41, 5.74) is 4.93. The molecule has 0 bridgehead atoms. The maximum absolute atomic E-state index is 13.4. The number of hydrogen-bond donors (Lipinski definition) is 1. The molecule has 1 N–H and O–H groups in total. The fourth-order valence-electron chi connectivity index (χ4n) is 7.38. The van der Waals surface area contributed by atoms with Crippen LogP contribution in [0.25, 0.3) is 0 Å². The van der Waals surface area contributed by atoms with Gasteiger partial charge in [-0.3, -0.25) is 0 Å². The molecule has 0 radical (unpaired) electrons. The van der Waals surface area contributed by atoms with Crippen LogP contribution in [0, 0.1) is 19.8 Å². The third-order valence-corrected chi connectivity index (χ3v) is 16.2. The molecule has 1 aliphatic rings. The van der Waals surface area contributed by atoms with E-state index in [0.717, 1.165) is 6.42 Å². The zero-order chi connectivity index (χ0) is 29.9. The van der Waals surface area contributed by atoms with Gasteiger partial charge in [-0.1, -0.05) is 0 Å². The minimum Gasteiger partial charge on any atom is -0.147 e. The molecule has 5 aromatic rings. The second-order valence-corrected chi connectivity index (χ2v) is 17.1. The van der Waals surface area contributed by atoms with E-state index in [1.807, 2.05) is 0 Å². The number of carboxylic acids is 1. The quantitative estimate of drug-likeness (QED) is 0.172. The van der Waals surface area contributed by atoms with Gasteiger partial charge in [0.15, 0.2) is 0 Å². The number of halogens is 1. The van der Waals surface area contributed by atoms with E-state index in [0.29, 0.717) is 19.1 Å². The Labute approximate surface area is 268 Å². The second-order valence-electron chi connectivity index (χ2n) is 12.2. The van der Waals surface area contributed by atoms with Crippen LogP contribution in [-0.4, -0.2) is 28.3 Å². The number of aliphatic carboxylic acids is 1. The summed E-state index contributed by atoms with van der Waals surface area (Å²) in [7, 11) is 0. The van der Waals surface area contributed by atoms with Crippen molar-refractivity contribution in [2.45, 2.75) is 38.9 Å². The van der Waals surface area contributed by atoms with Crippen LogP contribution in [0.5, 0.6) is 0 Å². The van der Waals surface area contributed by atoms with Crippen LogP contribution in [0.4, 0.5) is 0 Å². The molecule has 6 rings (SSSR count). The zero-order valence-corrected chi connectivity index (χ0v) is 27.1. The molecule has 1 unspecified atom stereocenters. The number of aryl methyl sites for hydroxylation is 2. The van der Waals surface area contributed by atoms with Gasteiger partial charge >= 0.3 is 256 Å². The zero-order valence-electron chi connectivity index (χ0n) is 25.4. The number of hydrogen-bond acceptors (Lipinski definition) is 2. The molecule has 226 valence electrons. The molecule has 2 atom stereocenters. The SMILES string of the molecule is Cc1ccc(CC2C[C@@H](C(=O)O)N(P(Cc3ccc(C)cc3)(c3ccccc3)(c3ccccc3)c3ccccc3)C2)cc1.Cl. The molecule has 1 saturated heterocycles. The Morgan fingerprint density at radius 3 is 1.48 bits per heavy atom. The van der Waals surface area contributed by atoms with Crippen molar-refractivity contribution < 1.29 is 9.90 Å². The molecule has 44 heavy (non-hydrogen) atoms. The van der Waals surface area contributed by atoms with Gasteiger partial charge < -0.3 is 0 Å². The van der Waals surface area contributed by atoms with E-state index >= 15 is 0 Å². The van der Waals surface area contributed by atoms with Crippen molar-refractivity contribution in [3.05, 3.63) is 162 Å². The van der Waals surface area contributed by atoms with Crippen LogP contribution in [0.2, 0.25) is 0 Å². The molecule has 0 aliphatic carbocycles. The molecule has 1 fully saturated rings. The van der Waals surface area contributed by atoms with Crippen molar-refractivity contribution in [1.82, 2.24) is 4.67 Å². The van der Waals surface area contributed by atoms with E-state index in [-0.39, 0.29) is 18.3 Å². The molecule has 0 spiro atoms. The molecule has 0 amide bonds. The first-order valence-corrected chi connectivity index (χ1v) is 17.6. The van der Waals surface area contributed by atoms with E-state index in [2.05, 4.69) is 158 Å². The van der Waals surface area contributed by atoms with Crippen LogP contribution >= 0.6 is 19.2 Å². The predicted molar refractivity (Wildman–Crippen MR) is 188 cm³/mol. The molecule has 3 nitrogen and oxygen atoms in total. The van der Waals surface area contributed by atoms with Gasteiger partial charge in [0, 0.05) is 0 Å².